The number of aromatic nitrogens is 2. The standard InChI is InChI=1S/C24H25N3O/c1-17(20-10-6-8-19-7-4-5-9-21(19)20)25-14-18-11-12-24(28-3)22(13-18)23-15-27(2)16-26-23/h4-13,15-17,25H,14H2,1-3H3. The summed E-state index contributed by atoms with van der Waals surface area (Å²) < 4.78 is 7.48. The van der Waals surface area contributed by atoms with Crippen LogP contribution in [0.4, 0.5) is 0 Å². The second kappa shape index (κ2) is 7.87. The first kappa shape index (κ1) is 18.3. The number of benzene rings is 3. The van der Waals surface area contributed by atoms with Crippen LogP contribution in [0.1, 0.15) is 24.1 Å². The van der Waals surface area contributed by atoms with E-state index in [9.17, 15) is 0 Å². The fourth-order valence-electron chi connectivity index (χ4n) is 3.63. The van der Waals surface area contributed by atoms with Crippen LogP contribution in [0, 0.1) is 0 Å². The zero-order chi connectivity index (χ0) is 19.5. The summed E-state index contributed by atoms with van der Waals surface area (Å²) in [7, 11) is 3.67. The third-order valence-corrected chi connectivity index (χ3v) is 5.15. The minimum Gasteiger partial charge on any atom is -0.496 e. The Balaban J connectivity index is 1.56. The van der Waals surface area contributed by atoms with Gasteiger partial charge in [-0.15, -0.1) is 0 Å². The molecule has 1 heterocycles. The average Bonchev–Trinajstić information content (AvgIpc) is 3.17. The number of imidazole rings is 1. The maximum atomic E-state index is 5.54. The van der Waals surface area contributed by atoms with Gasteiger partial charge in [0.2, 0.25) is 0 Å². The molecule has 1 N–H and O–H groups in total. The molecule has 0 amide bonds. The Labute approximate surface area is 165 Å². The zero-order valence-electron chi connectivity index (χ0n) is 16.5. The highest BCUT2D eigenvalue weighted by Crippen LogP contribution is 2.30. The first-order chi connectivity index (χ1) is 13.7. The number of rotatable bonds is 6. The first-order valence-electron chi connectivity index (χ1n) is 9.52. The number of ether oxygens (including phenoxy) is 1. The van der Waals surface area contributed by atoms with Crippen LogP contribution in [0.25, 0.3) is 22.0 Å². The van der Waals surface area contributed by atoms with Crippen molar-refractivity contribution in [1.29, 1.82) is 0 Å². The van der Waals surface area contributed by atoms with E-state index in [0.717, 1.165) is 23.6 Å². The number of nitrogens with zero attached hydrogens (tertiary/aromatic N) is 2. The maximum Gasteiger partial charge on any atom is 0.128 e. The quantitative estimate of drug-likeness (QED) is 0.512. The highest BCUT2D eigenvalue weighted by Gasteiger charge is 2.12. The van der Waals surface area contributed by atoms with E-state index < -0.39 is 0 Å². The Kier molecular flexibility index (Phi) is 5.13. The Morgan fingerprint density at radius 2 is 1.89 bits per heavy atom. The van der Waals surface area contributed by atoms with Crippen LogP contribution in [-0.4, -0.2) is 16.7 Å². The minimum absolute atomic E-state index is 0.242. The van der Waals surface area contributed by atoms with Gasteiger partial charge in [0, 0.05) is 31.4 Å². The molecule has 0 radical (unpaired) electrons. The Hall–Kier alpha value is -3.11. The summed E-state index contributed by atoms with van der Waals surface area (Å²) in [6.07, 6.45) is 3.82. The van der Waals surface area contributed by atoms with Crippen LogP contribution in [0.5, 0.6) is 5.75 Å². The van der Waals surface area contributed by atoms with E-state index in [0.29, 0.717) is 0 Å². The number of hydrogen-bond donors (Lipinski definition) is 1. The lowest BCUT2D eigenvalue weighted by Gasteiger charge is -2.17. The Morgan fingerprint density at radius 1 is 1.07 bits per heavy atom. The SMILES string of the molecule is COc1ccc(CNC(C)c2cccc3ccccc23)cc1-c1cn(C)cn1. The average molecular weight is 371 g/mol. The van der Waals surface area contributed by atoms with Crippen molar-refractivity contribution in [3.05, 3.63) is 84.3 Å². The molecule has 1 unspecified atom stereocenters. The van der Waals surface area contributed by atoms with Crippen LogP contribution in [-0.2, 0) is 13.6 Å². The molecular weight excluding hydrogens is 346 g/mol. The molecule has 1 atom stereocenters. The molecule has 0 aliphatic heterocycles. The molecule has 0 fully saturated rings. The summed E-state index contributed by atoms with van der Waals surface area (Å²) in [6.45, 7) is 2.99. The molecule has 0 saturated heterocycles. The fraction of sp³-hybridized carbons (Fsp3) is 0.208. The molecule has 0 bridgehead atoms. The molecule has 0 aliphatic carbocycles. The smallest absolute Gasteiger partial charge is 0.128 e. The highest BCUT2D eigenvalue weighted by molar-refractivity contribution is 5.86. The molecule has 0 saturated carbocycles. The van der Waals surface area contributed by atoms with Crippen molar-refractivity contribution in [2.75, 3.05) is 7.11 Å². The molecule has 0 aliphatic rings. The van der Waals surface area contributed by atoms with E-state index in [1.165, 1.54) is 21.9 Å². The molecule has 4 aromatic rings. The van der Waals surface area contributed by atoms with E-state index in [-0.39, 0.29) is 6.04 Å². The van der Waals surface area contributed by atoms with Gasteiger partial charge in [0.1, 0.15) is 5.75 Å². The molecule has 142 valence electrons. The molecule has 28 heavy (non-hydrogen) atoms. The topological polar surface area (TPSA) is 39.1 Å². The van der Waals surface area contributed by atoms with Gasteiger partial charge in [-0.2, -0.15) is 0 Å². The van der Waals surface area contributed by atoms with Gasteiger partial charge in [0.15, 0.2) is 0 Å². The number of nitrogens with one attached hydrogen (secondary N) is 1. The van der Waals surface area contributed by atoms with E-state index in [4.69, 9.17) is 4.74 Å². The van der Waals surface area contributed by atoms with Crippen molar-refractivity contribution >= 4 is 10.8 Å². The number of methoxy groups -OCH3 is 1. The van der Waals surface area contributed by atoms with Gasteiger partial charge in [0.25, 0.3) is 0 Å². The fourth-order valence-corrected chi connectivity index (χ4v) is 3.63. The van der Waals surface area contributed by atoms with Crippen molar-refractivity contribution in [1.82, 2.24) is 14.9 Å². The number of fused-ring (bicyclic) bond motifs is 1. The first-order valence-corrected chi connectivity index (χ1v) is 9.52. The van der Waals surface area contributed by atoms with Gasteiger partial charge in [-0.05, 0) is 41.0 Å². The lowest BCUT2D eigenvalue weighted by atomic mass is 9.99. The zero-order valence-corrected chi connectivity index (χ0v) is 16.5. The molecule has 4 nitrogen and oxygen atoms in total. The van der Waals surface area contributed by atoms with Crippen molar-refractivity contribution < 1.29 is 4.74 Å². The van der Waals surface area contributed by atoms with Gasteiger partial charge in [-0.3, -0.25) is 0 Å². The predicted molar refractivity (Wildman–Crippen MR) is 114 cm³/mol. The third-order valence-electron chi connectivity index (χ3n) is 5.15. The van der Waals surface area contributed by atoms with E-state index in [2.05, 4.69) is 71.8 Å². The van der Waals surface area contributed by atoms with Gasteiger partial charge in [0.05, 0.1) is 19.1 Å². The van der Waals surface area contributed by atoms with Crippen LogP contribution in [0.3, 0.4) is 0 Å². The third kappa shape index (κ3) is 3.64. The molecule has 4 rings (SSSR count). The van der Waals surface area contributed by atoms with Crippen molar-refractivity contribution in [2.45, 2.75) is 19.5 Å². The van der Waals surface area contributed by atoms with Crippen LogP contribution in [0.2, 0.25) is 0 Å². The van der Waals surface area contributed by atoms with E-state index >= 15 is 0 Å². The van der Waals surface area contributed by atoms with Gasteiger partial charge >= 0.3 is 0 Å². The lowest BCUT2D eigenvalue weighted by Crippen LogP contribution is -2.18. The summed E-state index contributed by atoms with van der Waals surface area (Å²) >= 11 is 0. The summed E-state index contributed by atoms with van der Waals surface area (Å²) in [5.74, 6) is 0.838. The van der Waals surface area contributed by atoms with Crippen LogP contribution < -0.4 is 10.1 Å². The van der Waals surface area contributed by atoms with E-state index in [1.54, 1.807) is 7.11 Å². The Morgan fingerprint density at radius 3 is 2.68 bits per heavy atom. The van der Waals surface area contributed by atoms with Crippen molar-refractivity contribution in [3.63, 3.8) is 0 Å². The predicted octanol–water partition coefficient (Wildman–Crippen LogP) is 5.10. The summed E-state index contributed by atoms with van der Waals surface area (Å²) in [5.41, 5.74) is 4.45. The normalized spacial score (nSPS) is 12.2. The van der Waals surface area contributed by atoms with E-state index in [1.807, 2.05) is 30.2 Å². The number of aryl methyl sites for hydroxylation is 1. The summed E-state index contributed by atoms with van der Waals surface area (Å²) in [6, 6.07) is 21.5. The molecule has 1 aromatic heterocycles. The lowest BCUT2D eigenvalue weighted by molar-refractivity contribution is 0.416. The van der Waals surface area contributed by atoms with Crippen LogP contribution >= 0.6 is 0 Å². The second-order valence-corrected chi connectivity index (χ2v) is 7.13. The van der Waals surface area contributed by atoms with Gasteiger partial charge in [-0.25, -0.2) is 4.98 Å². The molecule has 0 spiro atoms. The summed E-state index contributed by atoms with van der Waals surface area (Å²) in [4.78, 5) is 4.48. The number of hydrogen-bond acceptors (Lipinski definition) is 3. The highest BCUT2D eigenvalue weighted by atomic mass is 16.5. The van der Waals surface area contributed by atoms with Crippen molar-refractivity contribution in [3.8, 4) is 17.0 Å². The van der Waals surface area contributed by atoms with Crippen molar-refractivity contribution in [2.24, 2.45) is 7.05 Å². The molecular formula is C24H25N3O. The molecule has 4 heteroatoms. The van der Waals surface area contributed by atoms with Gasteiger partial charge < -0.3 is 14.6 Å². The minimum atomic E-state index is 0.242. The Bertz CT molecular complexity index is 1090. The monoisotopic (exact) mass is 371 g/mol. The largest absolute Gasteiger partial charge is 0.496 e. The summed E-state index contributed by atoms with van der Waals surface area (Å²) in [5, 5.41) is 6.24. The maximum absolute atomic E-state index is 5.54. The van der Waals surface area contributed by atoms with Crippen LogP contribution in [0.15, 0.2) is 73.2 Å². The second-order valence-electron chi connectivity index (χ2n) is 7.13. The molecule has 3 aromatic carbocycles. The van der Waals surface area contributed by atoms with Gasteiger partial charge in [-0.1, -0.05) is 48.5 Å².